The summed E-state index contributed by atoms with van der Waals surface area (Å²) in [7, 11) is 0. The van der Waals surface area contributed by atoms with E-state index in [4.69, 9.17) is 22.1 Å². The molecule has 0 amide bonds. The van der Waals surface area contributed by atoms with Crippen molar-refractivity contribution in [3.05, 3.63) is 10.5 Å². The van der Waals surface area contributed by atoms with Crippen molar-refractivity contribution in [2.24, 2.45) is 11.7 Å². The molecular weight excluding hydrogens is 246 g/mol. The average Bonchev–Trinajstić information content (AvgIpc) is 2.71. The van der Waals surface area contributed by atoms with Crippen LogP contribution in [0.25, 0.3) is 0 Å². The fourth-order valence-corrected chi connectivity index (χ4v) is 3.47. The predicted molar refractivity (Wildman–Crippen MR) is 65.0 cm³/mol. The molecule has 1 aliphatic carbocycles. The van der Waals surface area contributed by atoms with Crippen LogP contribution in [0, 0.1) is 5.92 Å². The van der Waals surface area contributed by atoms with E-state index >= 15 is 0 Å². The molecule has 3 N–H and O–H groups in total. The fourth-order valence-electron chi connectivity index (χ4n) is 2.59. The van der Waals surface area contributed by atoms with Crippen LogP contribution in [0.2, 0.25) is 5.15 Å². The van der Waals surface area contributed by atoms with E-state index in [9.17, 15) is 0 Å². The Morgan fingerprint density at radius 3 is 3.25 bits per heavy atom. The number of hydrogen-bond donors (Lipinski definition) is 2. The highest BCUT2D eigenvalue weighted by Crippen LogP contribution is 2.39. The molecule has 1 aliphatic heterocycles. The first kappa shape index (κ1) is 10.8. The van der Waals surface area contributed by atoms with Crippen molar-refractivity contribution in [2.45, 2.75) is 31.0 Å². The zero-order chi connectivity index (χ0) is 11.1. The van der Waals surface area contributed by atoms with Gasteiger partial charge in [-0.25, -0.2) is 4.98 Å². The van der Waals surface area contributed by atoms with Crippen LogP contribution in [0.4, 0.5) is 5.13 Å². The molecule has 2 fully saturated rings. The molecule has 88 valence electrons. The Labute approximate surface area is 103 Å². The number of fused-ring (bicyclic) bond motifs is 1. The van der Waals surface area contributed by atoms with Gasteiger partial charge < -0.3 is 15.8 Å². The number of rotatable bonds is 2. The predicted octanol–water partition coefficient (Wildman–Crippen LogP) is 1.71. The Morgan fingerprint density at radius 2 is 2.50 bits per heavy atom. The smallest absolute Gasteiger partial charge is 0.184 e. The maximum atomic E-state index is 6.13. The molecule has 1 aromatic heterocycles. The monoisotopic (exact) mass is 259 g/mol. The summed E-state index contributed by atoms with van der Waals surface area (Å²) in [6.45, 7) is 0.852. The molecular formula is C10H14ClN3OS. The molecule has 1 saturated carbocycles. The Bertz CT molecular complexity index is 386. The molecule has 4 nitrogen and oxygen atoms in total. The lowest BCUT2D eigenvalue weighted by Gasteiger charge is -2.52. The van der Waals surface area contributed by atoms with Crippen LogP contribution in [0.5, 0.6) is 0 Å². The zero-order valence-corrected chi connectivity index (χ0v) is 10.3. The summed E-state index contributed by atoms with van der Waals surface area (Å²) in [6.07, 6.45) is 2.57. The third-order valence-corrected chi connectivity index (χ3v) is 4.54. The molecule has 16 heavy (non-hydrogen) atoms. The first-order chi connectivity index (χ1) is 7.75. The SMILES string of the molecule is NC1C2CCCOC2C1Nc1nc(Cl)cs1. The number of nitrogens with zero attached hydrogens (tertiary/aromatic N) is 1. The summed E-state index contributed by atoms with van der Waals surface area (Å²) in [6, 6.07) is 0.362. The minimum atomic E-state index is 0.174. The van der Waals surface area contributed by atoms with Gasteiger partial charge in [-0.15, -0.1) is 11.3 Å². The Hall–Kier alpha value is -0.360. The normalized spacial score (nSPS) is 37.6. The molecule has 1 saturated heterocycles. The zero-order valence-electron chi connectivity index (χ0n) is 8.73. The van der Waals surface area contributed by atoms with Gasteiger partial charge in [-0.1, -0.05) is 11.6 Å². The number of hydrogen-bond acceptors (Lipinski definition) is 5. The van der Waals surface area contributed by atoms with Crippen LogP contribution in [-0.4, -0.2) is 29.8 Å². The lowest BCUT2D eigenvalue weighted by molar-refractivity contribution is -0.104. The van der Waals surface area contributed by atoms with Crippen LogP contribution in [0.1, 0.15) is 12.8 Å². The van der Waals surface area contributed by atoms with Gasteiger partial charge in [-0.2, -0.15) is 0 Å². The van der Waals surface area contributed by atoms with Gasteiger partial charge in [0.15, 0.2) is 5.13 Å². The highest BCUT2D eigenvalue weighted by Gasteiger charge is 2.50. The van der Waals surface area contributed by atoms with Gasteiger partial charge in [0, 0.05) is 23.9 Å². The maximum absolute atomic E-state index is 6.13. The molecule has 0 spiro atoms. The molecule has 3 rings (SSSR count). The molecule has 4 atom stereocenters. The van der Waals surface area contributed by atoms with E-state index in [1.807, 2.05) is 5.38 Å². The molecule has 0 aromatic carbocycles. The lowest BCUT2D eigenvalue weighted by atomic mass is 9.69. The summed E-state index contributed by atoms with van der Waals surface area (Å²) in [5, 5.41) is 6.49. The number of halogens is 1. The fraction of sp³-hybridized carbons (Fsp3) is 0.700. The highest BCUT2D eigenvalue weighted by molar-refractivity contribution is 7.14. The molecule has 6 heteroatoms. The van der Waals surface area contributed by atoms with Crippen LogP contribution in [0.3, 0.4) is 0 Å². The van der Waals surface area contributed by atoms with Gasteiger partial charge in [0.1, 0.15) is 5.15 Å². The van der Waals surface area contributed by atoms with Crippen molar-refractivity contribution in [3.63, 3.8) is 0 Å². The van der Waals surface area contributed by atoms with Crippen molar-refractivity contribution < 1.29 is 4.74 Å². The summed E-state index contributed by atoms with van der Waals surface area (Å²) < 4.78 is 5.74. The van der Waals surface area contributed by atoms with Crippen molar-refractivity contribution in [1.82, 2.24) is 4.98 Å². The number of thiazole rings is 1. The largest absolute Gasteiger partial charge is 0.376 e. The second-order valence-corrected chi connectivity index (χ2v) is 5.61. The minimum absolute atomic E-state index is 0.174. The molecule has 4 unspecified atom stereocenters. The number of nitrogens with two attached hydrogens (primary N) is 1. The summed E-state index contributed by atoms with van der Waals surface area (Å²) >= 11 is 7.28. The third-order valence-electron chi connectivity index (χ3n) is 3.44. The molecule has 0 bridgehead atoms. The molecule has 2 heterocycles. The summed E-state index contributed by atoms with van der Waals surface area (Å²) in [5.74, 6) is 0.515. The van der Waals surface area contributed by atoms with Gasteiger partial charge in [0.05, 0.1) is 12.1 Å². The van der Waals surface area contributed by atoms with Gasteiger partial charge in [-0.05, 0) is 12.8 Å². The number of nitrogens with one attached hydrogen (secondary N) is 1. The topological polar surface area (TPSA) is 60.2 Å². The van der Waals surface area contributed by atoms with E-state index in [0.717, 1.165) is 18.2 Å². The van der Waals surface area contributed by atoms with E-state index in [1.165, 1.54) is 17.8 Å². The Morgan fingerprint density at radius 1 is 1.62 bits per heavy atom. The van der Waals surface area contributed by atoms with Gasteiger partial charge in [-0.3, -0.25) is 0 Å². The first-order valence-corrected chi connectivity index (χ1v) is 6.76. The quantitative estimate of drug-likeness (QED) is 0.849. The Kier molecular flexibility index (Phi) is 2.79. The molecule has 1 aromatic rings. The van der Waals surface area contributed by atoms with E-state index in [-0.39, 0.29) is 18.2 Å². The van der Waals surface area contributed by atoms with E-state index in [0.29, 0.717) is 11.1 Å². The minimum Gasteiger partial charge on any atom is -0.376 e. The molecule has 2 aliphatic rings. The van der Waals surface area contributed by atoms with Crippen LogP contribution in [-0.2, 0) is 4.74 Å². The second kappa shape index (κ2) is 4.14. The van der Waals surface area contributed by atoms with Crippen molar-refractivity contribution in [2.75, 3.05) is 11.9 Å². The van der Waals surface area contributed by atoms with Crippen LogP contribution in [0.15, 0.2) is 5.38 Å². The molecule has 0 radical (unpaired) electrons. The number of anilines is 1. The van der Waals surface area contributed by atoms with E-state index in [2.05, 4.69) is 10.3 Å². The average molecular weight is 260 g/mol. The van der Waals surface area contributed by atoms with Gasteiger partial charge in [0.25, 0.3) is 0 Å². The summed E-state index contributed by atoms with van der Waals surface area (Å²) in [4.78, 5) is 4.17. The second-order valence-electron chi connectivity index (χ2n) is 4.36. The van der Waals surface area contributed by atoms with Crippen LogP contribution < -0.4 is 11.1 Å². The number of aromatic nitrogens is 1. The van der Waals surface area contributed by atoms with Crippen molar-refractivity contribution >= 4 is 28.1 Å². The lowest BCUT2D eigenvalue weighted by Crippen LogP contribution is -2.69. The highest BCUT2D eigenvalue weighted by atomic mass is 35.5. The van der Waals surface area contributed by atoms with Gasteiger partial charge >= 0.3 is 0 Å². The Balaban J connectivity index is 1.67. The van der Waals surface area contributed by atoms with E-state index < -0.39 is 0 Å². The van der Waals surface area contributed by atoms with Gasteiger partial charge in [0.2, 0.25) is 0 Å². The third kappa shape index (κ3) is 1.72. The number of ether oxygens (including phenoxy) is 1. The van der Waals surface area contributed by atoms with E-state index in [1.54, 1.807) is 0 Å². The maximum Gasteiger partial charge on any atom is 0.184 e. The first-order valence-electron chi connectivity index (χ1n) is 5.50. The van der Waals surface area contributed by atoms with Crippen LogP contribution >= 0.6 is 22.9 Å². The van der Waals surface area contributed by atoms with Crippen molar-refractivity contribution in [3.8, 4) is 0 Å². The van der Waals surface area contributed by atoms with Crippen molar-refractivity contribution in [1.29, 1.82) is 0 Å². The summed E-state index contributed by atoms with van der Waals surface area (Å²) in [5.41, 5.74) is 6.13. The standard InChI is InChI=1S/C10H14ClN3OS/c11-6-4-16-10(13-6)14-8-7(12)5-2-1-3-15-9(5)8/h4-5,7-9H,1-3,12H2,(H,13,14).